The van der Waals surface area contributed by atoms with Crippen molar-refractivity contribution in [3.05, 3.63) is 52.2 Å². The molecule has 1 unspecified atom stereocenters. The molecule has 0 spiro atoms. The van der Waals surface area contributed by atoms with Crippen molar-refractivity contribution in [3.63, 3.8) is 0 Å². The van der Waals surface area contributed by atoms with Gasteiger partial charge in [-0.05, 0) is 30.5 Å². The molecule has 26 heavy (non-hydrogen) atoms. The summed E-state index contributed by atoms with van der Waals surface area (Å²) in [5.74, 6) is -1.71. The molecule has 1 aromatic carbocycles. The number of piperazine rings is 1. The van der Waals surface area contributed by atoms with Crippen molar-refractivity contribution < 1.29 is 18.4 Å². The van der Waals surface area contributed by atoms with Crippen molar-refractivity contribution in [3.8, 4) is 0 Å². The molecule has 1 aromatic heterocycles. The molecular formula is C18H19F2N3O2S. The van der Waals surface area contributed by atoms with Crippen molar-refractivity contribution in [1.29, 1.82) is 0 Å². The van der Waals surface area contributed by atoms with Crippen LogP contribution in [0.15, 0.2) is 35.7 Å². The number of nitrogens with one attached hydrogen (secondary N) is 1. The Kier molecular flexibility index (Phi) is 5.63. The Balaban J connectivity index is 1.56. The number of hydrogen-bond acceptors (Lipinski definition) is 4. The molecule has 1 aliphatic rings. The monoisotopic (exact) mass is 379 g/mol. The highest BCUT2D eigenvalue weighted by Crippen LogP contribution is 2.18. The quantitative estimate of drug-likeness (QED) is 0.889. The van der Waals surface area contributed by atoms with Crippen molar-refractivity contribution >= 4 is 28.8 Å². The molecule has 0 saturated carbocycles. The number of rotatable bonds is 4. The van der Waals surface area contributed by atoms with Crippen molar-refractivity contribution in [2.75, 3.05) is 31.5 Å². The summed E-state index contributed by atoms with van der Waals surface area (Å²) >= 11 is 1.41. The van der Waals surface area contributed by atoms with Crippen molar-refractivity contribution in [1.82, 2.24) is 9.80 Å². The van der Waals surface area contributed by atoms with Gasteiger partial charge in [0.25, 0.3) is 5.91 Å². The van der Waals surface area contributed by atoms with E-state index >= 15 is 0 Å². The lowest BCUT2D eigenvalue weighted by atomic mass is 10.2. The predicted octanol–water partition coefficient (Wildman–Crippen LogP) is 2.81. The molecule has 1 atom stereocenters. The summed E-state index contributed by atoms with van der Waals surface area (Å²) in [7, 11) is 0. The maximum atomic E-state index is 13.7. The molecule has 3 rings (SSSR count). The molecule has 5 nitrogen and oxygen atoms in total. The van der Waals surface area contributed by atoms with E-state index in [4.69, 9.17) is 0 Å². The summed E-state index contributed by atoms with van der Waals surface area (Å²) in [6.07, 6.45) is 0. The zero-order valence-corrected chi connectivity index (χ0v) is 15.1. The molecule has 1 N–H and O–H groups in total. The number of carbonyl (C=O) groups excluding carboxylic acids is 2. The first-order valence-corrected chi connectivity index (χ1v) is 9.16. The number of thiophene rings is 1. The standard InChI is InChI=1S/C18H19F2N3O2S/c1-12(17(24)21-15-11-13(19)4-5-14(15)20)22-6-8-23(9-7-22)18(25)16-3-2-10-26-16/h2-5,10-12H,6-9H2,1H3,(H,21,24). The Morgan fingerprint density at radius 1 is 1.15 bits per heavy atom. The first-order valence-electron chi connectivity index (χ1n) is 8.28. The predicted molar refractivity (Wildman–Crippen MR) is 96.2 cm³/mol. The van der Waals surface area contributed by atoms with Crippen LogP contribution in [-0.4, -0.2) is 53.8 Å². The molecule has 2 heterocycles. The van der Waals surface area contributed by atoms with Crippen LogP contribution in [0, 0.1) is 11.6 Å². The zero-order chi connectivity index (χ0) is 18.7. The van der Waals surface area contributed by atoms with Crippen LogP contribution in [0.1, 0.15) is 16.6 Å². The minimum Gasteiger partial charge on any atom is -0.335 e. The minimum absolute atomic E-state index is 0.00131. The third kappa shape index (κ3) is 4.08. The maximum absolute atomic E-state index is 13.7. The highest BCUT2D eigenvalue weighted by atomic mass is 32.1. The van der Waals surface area contributed by atoms with Crippen LogP contribution in [0.4, 0.5) is 14.5 Å². The lowest BCUT2D eigenvalue weighted by molar-refractivity contribution is -0.121. The summed E-state index contributed by atoms with van der Waals surface area (Å²) in [5, 5.41) is 4.29. The van der Waals surface area contributed by atoms with Crippen LogP contribution in [0.3, 0.4) is 0 Å². The fourth-order valence-electron chi connectivity index (χ4n) is 2.86. The third-order valence-corrected chi connectivity index (χ3v) is 5.30. The summed E-state index contributed by atoms with van der Waals surface area (Å²) in [4.78, 5) is 29.1. The normalized spacial score (nSPS) is 16.3. The van der Waals surface area contributed by atoms with E-state index in [-0.39, 0.29) is 11.6 Å². The Morgan fingerprint density at radius 3 is 2.54 bits per heavy atom. The number of halogens is 2. The molecule has 1 aliphatic heterocycles. The SMILES string of the molecule is CC(C(=O)Nc1cc(F)ccc1F)N1CCN(C(=O)c2cccs2)CC1. The Bertz CT molecular complexity index is 790. The molecule has 0 aliphatic carbocycles. The van der Waals surface area contributed by atoms with E-state index in [1.54, 1.807) is 17.9 Å². The lowest BCUT2D eigenvalue weighted by Crippen LogP contribution is -2.54. The van der Waals surface area contributed by atoms with E-state index in [9.17, 15) is 18.4 Å². The Hall–Kier alpha value is -2.32. The first kappa shape index (κ1) is 18.5. The number of hydrogen-bond donors (Lipinski definition) is 1. The second-order valence-corrected chi connectivity index (χ2v) is 7.04. The van der Waals surface area contributed by atoms with Crippen molar-refractivity contribution in [2.24, 2.45) is 0 Å². The second kappa shape index (κ2) is 7.92. The van der Waals surface area contributed by atoms with Crippen LogP contribution in [0.5, 0.6) is 0 Å². The van der Waals surface area contributed by atoms with Gasteiger partial charge in [0, 0.05) is 32.2 Å². The van der Waals surface area contributed by atoms with Gasteiger partial charge in [0.1, 0.15) is 11.6 Å². The van der Waals surface area contributed by atoms with Gasteiger partial charge in [0.2, 0.25) is 5.91 Å². The van der Waals surface area contributed by atoms with Gasteiger partial charge >= 0.3 is 0 Å². The van der Waals surface area contributed by atoms with Crippen LogP contribution >= 0.6 is 11.3 Å². The molecule has 0 bridgehead atoms. The van der Waals surface area contributed by atoms with Gasteiger partial charge in [-0.2, -0.15) is 0 Å². The van der Waals surface area contributed by atoms with E-state index < -0.39 is 23.6 Å². The second-order valence-electron chi connectivity index (χ2n) is 6.09. The molecule has 0 radical (unpaired) electrons. The van der Waals surface area contributed by atoms with E-state index in [0.717, 1.165) is 18.2 Å². The summed E-state index contributed by atoms with van der Waals surface area (Å²) in [6.45, 7) is 3.82. The van der Waals surface area contributed by atoms with Crippen LogP contribution < -0.4 is 5.32 Å². The highest BCUT2D eigenvalue weighted by molar-refractivity contribution is 7.12. The van der Waals surface area contributed by atoms with E-state index in [0.29, 0.717) is 31.1 Å². The van der Waals surface area contributed by atoms with Gasteiger partial charge < -0.3 is 10.2 Å². The number of carbonyl (C=O) groups is 2. The minimum atomic E-state index is -0.682. The summed E-state index contributed by atoms with van der Waals surface area (Å²) in [5.41, 5.74) is -0.173. The molecule has 2 aromatic rings. The van der Waals surface area contributed by atoms with Gasteiger partial charge in [0.05, 0.1) is 16.6 Å². The van der Waals surface area contributed by atoms with Crippen LogP contribution in [-0.2, 0) is 4.79 Å². The topological polar surface area (TPSA) is 52.7 Å². The lowest BCUT2D eigenvalue weighted by Gasteiger charge is -2.37. The maximum Gasteiger partial charge on any atom is 0.264 e. The van der Waals surface area contributed by atoms with E-state index in [2.05, 4.69) is 5.32 Å². The van der Waals surface area contributed by atoms with E-state index in [1.807, 2.05) is 16.3 Å². The number of nitrogens with zero attached hydrogens (tertiary/aromatic N) is 2. The average Bonchev–Trinajstić information content (AvgIpc) is 3.18. The van der Waals surface area contributed by atoms with Gasteiger partial charge in [0.15, 0.2) is 0 Å². The summed E-state index contributed by atoms with van der Waals surface area (Å²) < 4.78 is 26.9. The van der Waals surface area contributed by atoms with Gasteiger partial charge in [-0.1, -0.05) is 6.07 Å². The fourth-order valence-corrected chi connectivity index (χ4v) is 3.56. The number of benzene rings is 1. The highest BCUT2D eigenvalue weighted by Gasteiger charge is 2.28. The van der Waals surface area contributed by atoms with Gasteiger partial charge in [-0.15, -0.1) is 11.3 Å². The molecule has 138 valence electrons. The van der Waals surface area contributed by atoms with Crippen LogP contribution in [0.2, 0.25) is 0 Å². The Morgan fingerprint density at radius 2 is 1.88 bits per heavy atom. The number of anilines is 1. The smallest absolute Gasteiger partial charge is 0.264 e. The fraction of sp³-hybridized carbons (Fsp3) is 0.333. The van der Waals surface area contributed by atoms with Gasteiger partial charge in [-0.3, -0.25) is 14.5 Å². The third-order valence-electron chi connectivity index (χ3n) is 4.45. The molecule has 2 amide bonds. The molecule has 8 heteroatoms. The zero-order valence-electron chi connectivity index (χ0n) is 14.2. The first-order chi connectivity index (χ1) is 12.5. The van der Waals surface area contributed by atoms with Crippen molar-refractivity contribution in [2.45, 2.75) is 13.0 Å². The summed E-state index contributed by atoms with van der Waals surface area (Å²) in [6, 6.07) is 6.05. The van der Waals surface area contributed by atoms with Crippen LogP contribution in [0.25, 0.3) is 0 Å². The largest absolute Gasteiger partial charge is 0.335 e. The molecule has 1 fully saturated rings. The van der Waals surface area contributed by atoms with E-state index in [1.165, 1.54) is 11.3 Å². The Labute approximate surface area is 154 Å². The molecular weight excluding hydrogens is 360 g/mol. The average molecular weight is 379 g/mol. The molecule has 1 saturated heterocycles. The van der Waals surface area contributed by atoms with Gasteiger partial charge in [-0.25, -0.2) is 8.78 Å². The number of amides is 2.